The molecule has 1 aromatic heterocycles. The maximum absolute atomic E-state index is 12.6. The number of hydrogen-bond donors (Lipinski definition) is 3. The summed E-state index contributed by atoms with van der Waals surface area (Å²) >= 11 is 0. The lowest BCUT2D eigenvalue weighted by Crippen LogP contribution is -2.12. The molecule has 0 radical (unpaired) electrons. The van der Waals surface area contributed by atoms with E-state index in [1.54, 1.807) is 24.3 Å². The zero-order valence-electron chi connectivity index (χ0n) is 18.6. The minimum absolute atomic E-state index is 0.0822. The molecule has 9 heteroatoms. The van der Waals surface area contributed by atoms with Crippen molar-refractivity contribution in [1.29, 1.82) is 5.26 Å². The van der Waals surface area contributed by atoms with Crippen LogP contribution in [0.15, 0.2) is 83.8 Å². The first-order valence-corrected chi connectivity index (χ1v) is 11.9. The number of hydrogen-bond acceptors (Lipinski definition) is 7. The smallest absolute Gasteiger partial charge is 0.261 e. The largest absolute Gasteiger partial charge is 0.340 e. The molecular weight excluding hydrogens is 448 g/mol. The summed E-state index contributed by atoms with van der Waals surface area (Å²) in [6, 6.07) is 24.3. The van der Waals surface area contributed by atoms with E-state index in [9.17, 15) is 8.42 Å². The number of nitrogens with one attached hydrogen (secondary N) is 3. The van der Waals surface area contributed by atoms with Crippen LogP contribution in [0.4, 0.5) is 28.8 Å². The lowest BCUT2D eigenvalue weighted by atomic mass is 10.2. The molecule has 8 nitrogen and oxygen atoms in total. The van der Waals surface area contributed by atoms with Gasteiger partial charge in [-0.25, -0.2) is 13.4 Å². The highest BCUT2D eigenvalue weighted by Gasteiger charge is 2.14. The van der Waals surface area contributed by atoms with Gasteiger partial charge in [0.2, 0.25) is 5.95 Å². The van der Waals surface area contributed by atoms with Gasteiger partial charge < -0.3 is 10.6 Å². The molecule has 3 aromatic carbocycles. The van der Waals surface area contributed by atoms with Crippen LogP contribution in [-0.4, -0.2) is 18.4 Å². The van der Waals surface area contributed by atoms with Gasteiger partial charge in [-0.1, -0.05) is 17.7 Å². The Hall–Kier alpha value is -4.42. The summed E-state index contributed by atoms with van der Waals surface area (Å²) in [7, 11) is -3.76. The summed E-state index contributed by atoms with van der Waals surface area (Å²) in [6.07, 6.45) is 0. The van der Waals surface area contributed by atoms with Gasteiger partial charge in [-0.15, -0.1) is 0 Å². The molecule has 0 aliphatic heterocycles. The number of benzene rings is 3. The molecule has 0 atom stereocenters. The van der Waals surface area contributed by atoms with Gasteiger partial charge in [-0.3, -0.25) is 4.72 Å². The van der Waals surface area contributed by atoms with Gasteiger partial charge in [0.1, 0.15) is 5.82 Å². The number of nitrogens with zero attached hydrogens (tertiary/aromatic N) is 3. The number of rotatable bonds is 7. The van der Waals surface area contributed by atoms with Crippen LogP contribution in [-0.2, 0) is 10.0 Å². The molecule has 1 heterocycles. The Kier molecular flexibility index (Phi) is 6.43. The molecule has 0 aliphatic carbocycles. The molecule has 0 fully saturated rings. The predicted molar refractivity (Wildman–Crippen MR) is 133 cm³/mol. The van der Waals surface area contributed by atoms with Crippen molar-refractivity contribution >= 4 is 38.9 Å². The molecule has 4 aromatic rings. The van der Waals surface area contributed by atoms with Crippen molar-refractivity contribution in [2.24, 2.45) is 0 Å². The van der Waals surface area contributed by atoms with Crippen molar-refractivity contribution in [1.82, 2.24) is 9.97 Å². The SMILES string of the molecule is Cc1ccc(Nc2nc(C)cc(Nc3ccc(NS(=O)(=O)c4ccc(C#N)cc4)cc3)n2)cc1. The minimum Gasteiger partial charge on any atom is -0.340 e. The van der Waals surface area contributed by atoms with E-state index in [0.717, 1.165) is 17.1 Å². The zero-order chi connectivity index (χ0) is 24.1. The van der Waals surface area contributed by atoms with E-state index in [2.05, 4.69) is 25.3 Å². The second-order valence-electron chi connectivity index (χ2n) is 7.65. The third-order valence-electron chi connectivity index (χ3n) is 4.87. The first-order chi connectivity index (χ1) is 16.3. The highest BCUT2D eigenvalue weighted by molar-refractivity contribution is 7.92. The lowest BCUT2D eigenvalue weighted by Gasteiger charge is -2.12. The topological polar surface area (TPSA) is 120 Å². The Labute approximate surface area is 198 Å². The molecule has 4 rings (SSSR count). The van der Waals surface area contributed by atoms with Crippen molar-refractivity contribution in [2.75, 3.05) is 15.4 Å². The van der Waals surface area contributed by atoms with Crippen LogP contribution in [0, 0.1) is 25.2 Å². The van der Waals surface area contributed by atoms with Crippen molar-refractivity contribution in [3.63, 3.8) is 0 Å². The molecule has 0 unspecified atom stereocenters. The Morgan fingerprint density at radius 3 is 2.00 bits per heavy atom. The van der Waals surface area contributed by atoms with Crippen LogP contribution in [0.3, 0.4) is 0 Å². The highest BCUT2D eigenvalue weighted by atomic mass is 32.2. The Morgan fingerprint density at radius 2 is 1.35 bits per heavy atom. The number of aryl methyl sites for hydroxylation is 2. The van der Waals surface area contributed by atoms with Gasteiger partial charge in [0, 0.05) is 28.8 Å². The van der Waals surface area contributed by atoms with E-state index in [0.29, 0.717) is 23.0 Å². The van der Waals surface area contributed by atoms with E-state index in [1.807, 2.05) is 50.2 Å². The predicted octanol–water partition coefficient (Wildman–Crippen LogP) is 5.25. The van der Waals surface area contributed by atoms with E-state index in [1.165, 1.54) is 29.8 Å². The maximum atomic E-state index is 12.6. The maximum Gasteiger partial charge on any atom is 0.261 e. The van der Waals surface area contributed by atoms with Crippen molar-refractivity contribution < 1.29 is 8.42 Å². The quantitative estimate of drug-likeness (QED) is 0.337. The van der Waals surface area contributed by atoms with Crippen LogP contribution in [0.5, 0.6) is 0 Å². The summed E-state index contributed by atoms with van der Waals surface area (Å²) in [5.41, 5.74) is 4.39. The number of sulfonamides is 1. The van der Waals surface area contributed by atoms with Gasteiger partial charge in [0.05, 0.1) is 16.5 Å². The molecule has 0 spiro atoms. The zero-order valence-corrected chi connectivity index (χ0v) is 19.4. The first kappa shape index (κ1) is 22.8. The lowest BCUT2D eigenvalue weighted by molar-refractivity contribution is 0.601. The van der Waals surface area contributed by atoms with Crippen LogP contribution in [0.25, 0.3) is 0 Å². The fourth-order valence-corrected chi connectivity index (χ4v) is 4.21. The molecule has 0 saturated heterocycles. The van der Waals surface area contributed by atoms with Gasteiger partial charge in [-0.2, -0.15) is 10.2 Å². The summed E-state index contributed by atoms with van der Waals surface area (Å²) in [4.78, 5) is 9.03. The molecule has 3 N–H and O–H groups in total. The molecule has 170 valence electrons. The van der Waals surface area contributed by atoms with E-state index in [-0.39, 0.29) is 4.90 Å². The van der Waals surface area contributed by atoms with Gasteiger partial charge in [0.25, 0.3) is 10.0 Å². The molecular formula is C25H22N6O2S. The molecule has 0 aliphatic rings. The average Bonchev–Trinajstić information content (AvgIpc) is 2.81. The number of nitriles is 1. The van der Waals surface area contributed by atoms with Crippen molar-refractivity contribution in [3.8, 4) is 6.07 Å². The Balaban J connectivity index is 1.45. The summed E-state index contributed by atoms with van der Waals surface area (Å²) in [5, 5.41) is 15.3. The molecule has 0 saturated carbocycles. The van der Waals surface area contributed by atoms with Gasteiger partial charge in [0.15, 0.2) is 0 Å². The highest BCUT2D eigenvalue weighted by Crippen LogP contribution is 2.22. The third-order valence-corrected chi connectivity index (χ3v) is 6.26. The standard InChI is InChI=1S/C25H22N6O2S/c1-17-3-7-21(8-4-17)29-25-27-18(2)15-24(30-25)28-20-9-11-22(12-10-20)31-34(32,33)23-13-5-19(16-26)6-14-23/h3-15,31H,1-2H3,(H2,27,28,29,30). The second-order valence-corrected chi connectivity index (χ2v) is 9.34. The van der Waals surface area contributed by atoms with Crippen LogP contribution >= 0.6 is 0 Å². The second kappa shape index (κ2) is 9.60. The van der Waals surface area contributed by atoms with Gasteiger partial charge >= 0.3 is 0 Å². The minimum atomic E-state index is -3.76. The fourth-order valence-electron chi connectivity index (χ4n) is 3.15. The first-order valence-electron chi connectivity index (χ1n) is 10.4. The fraction of sp³-hybridized carbons (Fsp3) is 0.0800. The average molecular weight is 471 g/mol. The normalized spacial score (nSPS) is 10.9. The van der Waals surface area contributed by atoms with E-state index >= 15 is 0 Å². The molecule has 0 amide bonds. The summed E-state index contributed by atoms with van der Waals surface area (Å²) in [5.74, 6) is 1.08. The van der Waals surface area contributed by atoms with Crippen LogP contribution in [0.2, 0.25) is 0 Å². The van der Waals surface area contributed by atoms with Crippen molar-refractivity contribution in [3.05, 3.63) is 95.7 Å². The van der Waals surface area contributed by atoms with Crippen LogP contribution < -0.4 is 15.4 Å². The van der Waals surface area contributed by atoms with E-state index in [4.69, 9.17) is 5.26 Å². The third kappa shape index (κ3) is 5.68. The van der Waals surface area contributed by atoms with E-state index < -0.39 is 10.0 Å². The Bertz CT molecular complexity index is 1440. The Morgan fingerprint density at radius 1 is 0.765 bits per heavy atom. The summed E-state index contributed by atoms with van der Waals surface area (Å²) < 4.78 is 27.7. The van der Waals surface area contributed by atoms with Crippen molar-refractivity contribution in [2.45, 2.75) is 18.7 Å². The van der Waals surface area contributed by atoms with Gasteiger partial charge in [-0.05, 0) is 74.5 Å². The molecule has 0 bridgehead atoms. The number of aromatic nitrogens is 2. The summed E-state index contributed by atoms with van der Waals surface area (Å²) in [6.45, 7) is 3.91. The molecule has 34 heavy (non-hydrogen) atoms. The van der Waals surface area contributed by atoms with Crippen LogP contribution in [0.1, 0.15) is 16.8 Å². The monoisotopic (exact) mass is 470 g/mol. The number of anilines is 5.